The van der Waals surface area contributed by atoms with Crippen molar-refractivity contribution in [3.8, 4) is 10.6 Å². The van der Waals surface area contributed by atoms with Gasteiger partial charge < -0.3 is 4.74 Å². The van der Waals surface area contributed by atoms with Gasteiger partial charge in [-0.05, 0) is 30.9 Å². The van der Waals surface area contributed by atoms with E-state index in [-0.39, 0.29) is 17.5 Å². The minimum absolute atomic E-state index is 0.0433. The van der Waals surface area contributed by atoms with Crippen LogP contribution in [0.3, 0.4) is 0 Å². The monoisotopic (exact) mass is 391 g/mol. The Hall–Kier alpha value is -2.26. The van der Waals surface area contributed by atoms with Crippen molar-refractivity contribution in [1.29, 1.82) is 0 Å². The van der Waals surface area contributed by atoms with E-state index in [9.17, 15) is 13.2 Å². The van der Waals surface area contributed by atoms with Crippen molar-refractivity contribution in [2.24, 2.45) is 0 Å². The summed E-state index contributed by atoms with van der Waals surface area (Å²) in [5.74, 6) is -0.272. The van der Waals surface area contributed by atoms with Crippen molar-refractivity contribution in [1.82, 2.24) is 14.8 Å². The Kier molecular flexibility index (Phi) is 4.07. The molecule has 0 aromatic carbocycles. The summed E-state index contributed by atoms with van der Waals surface area (Å²) in [6, 6.07) is 5.28. The van der Waals surface area contributed by atoms with Crippen LogP contribution in [0.2, 0.25) is 0 Å². The molecule has 3 aromatic rings. The van der Waals surface area contributed by atoms with E-state index in [1.807, 2.05) is 17.5 Å². The molecule has 1 saturated heterocycles. The maximum atomic E-state index is 12.4. The Morgan fingerprint density at radius 1 is 1.42 bits per heavy atom. The van der Waals surface area contributed by atoms with Gasteiger partial charge >= 0.3 is 5.97 Å². The van der Waals surface area contributed by atoms with Crippen molar-refractivity contribution >= 4 is 38.2 Å². The maximum Gasteiger partial charge on any atom is 0.338 e. The second kappa shape index (κ2) is 6.17. The first-order valence-corrected chi connectivity index (χ1v) is 10.8. The third-order valence-electron chi connectivity index (χ3n) is 4.57. The van der Waals surface area contributed by atoms with Crippen molar-refractivity contribution in [2.45, 2.75) is 19.4 Å². The van der Waals surface area contributed by atoms with Crippen molar-refractivity contribution in [3.05, 3.63) is 34.8 Å². The molecule has 1 aliphatic rings. The average molecular weight is 391 g/mol. The first kappa shape index (κ1) is 17.2. The number of carbonyl (C=O) groups is 1. The summed E-state index contributed by atoms with van der Waals surface area (Å²) in [5, 5.41) is 7.07. The molecule has 0 radical (unpaired) electrons. The smallest absolute Gasteiger partial charge is 0.338 e. The molecule has 9 heteroatoms. The minimum Gasteiger partial charge on any atom is -0.465 e. The molecule has 0 unspecified atom stereocenters. The van der Waals surface area contributed by atoms with E-state index in [0.717, 1.165) is 4.88 Å². The van der Waals surface area contributed by atoms with E-state index in [4.69, 9.17) is 9.72 Å². The molecule has 0 bridgehead atoms. The summed E-state index contributed by atoms with van der Waals surface area (Å²) >= 11 is 1.52. The lowest BCUT2D eigenvalue weighted by Crippen LogP contribution is -2.13. The second-order valence-corrected chi connectivity index (χ2v) is 9.49. The quantitative estimate of drug-likeness (QED) is 0.638. The fraction of sp³-hybridized carbons (Fsp3) is 0.353. The highest BCUT2D eigenvalue weighted by atomic mass is 32.2. The third kappa shape index (κ3) is 2.80. The van der Waals surface area contributed by atoms with Crippen LogP contribution in [0.25, 0.3) is 21.6 Å². The number of sulfone groups is 1. The van der Waals surface area contributed by atoms with Crippen LogP contribution in [-0.2, 0) is 14.6 Å². The summed E-state index contributed by atoms with van der Waals surface area (Å²) in [5.41, 5.74) is 2.20. The van der Waals surface area contributed by atoms with Crippen LogP contribution in [0.5, 0.6) is 0 Å². The molecular weight excluding hydrogens is 374 g/mol. The number of nitrogens with zero attached hydrogens (tertiary/aromatic N) is 3. The number of aryl methyl sites for hydroxylation is 1. The standard InChI is InChI=1S/C17H17N3O4S2/c1-10-15-12(17(21)24-2)8-13(14-4-3-6-25-14)18-16(15)20(19-10)11-5-7-26(22,23)9-11/h3-4,6,8,11H,5,7,9H2,1-2H3/t11-/m0/s1. The highest BCUT2D eigenvalue weighted by Crippen LogP contribution is 2.33. The molecule has 4 heterocycles. The summed E-state index contributed by atoms with van der Waals surface area (Å²) in [4.78, 5) is 18.0. The van der Waals surface area contributed by atoms with Crippen molar-refractivity contribution in [3.63, 3.8) is 0 Å². The highest BCUT2D eigenvalue weighted by molar-refractivity contribution is 7.91. The van der Waals surface area contributed by atoms with Gasteiger partial charge in [0.2, 0.25) is 0 Å². The van der Waals surface area contributed by atoms with Gasteiger partial charge in [-0.25, -0.2) is 22.9 Å². The number of thiophene rings is 1. The topological polar surface area (TPSA) is 91.2 Å². The molecule has 0 spiro atoms. The first-order valence-electron chi connectivity index (χ1n) is 8.12. The van der Waals surface area contributed by atoms with Crippen LogP contribution in [0, 0.1) is 6.92 Å². The Labute approximate surface area is 154 Å². The van der Waals surface area contributed by atoms with E-state index in [0.29, 0.717) is 34.4 Å². The van der Waals surface area contributed by atoms with Crippen LogP contribution in [-0.4, -0.2) is 47.8 Å². The molecule has 7 nitrogen and oxygen atoms in total. The van der Waals surface area contributed by atoms with Gasteiger partial charge in [0.25, 0.3) is 0 Å². The molecule has 1 aliphatic heterocycles. The molecule has 0 amide bonds. The van der Waals surface area contributed by atoms with E-state index in [1.165, 1.54) is 18.4 Å². The van der Waals surface area contributed by atoms with E-state index in [1.54, 1.807) is 17.7 Å². The molecule has 136 valence electrons. The molecule has 0 aliphatic carbocycles. The molecule has 26 heavy (non-hydrogen) atoms. The molecular formula is C17H17N3O4S2. The van der Waals surface area contributed by atoms with Gasteiger partial charge in [0, 0.05) is 0 Å². The number of esters is 1. The maximum absolute atomic E-state index is 12.4. The van der Waals surface area contributed by atoms with Gasteiger partial charge in [0.1, 0.15) is 0 Å². The summed E-state index contributed by atoms with van der Waals surface area (Å²) in [7, 11) is -1.73. The Balaban J connectivity index is 1.97. The number of carbonyl (C=O) groups excluding carboxylic acids is 1. The zero-order chi connectivity index (χ0) is 18.5. The fourth-order valence-corrected chi connectivity index (χ4v) is 5.74. The Morgan fingerprint density at radius 2 is 2.23 bits per heavy atom. The summed E-state index contributed by atoms with van der Waals surface area (Å²) < 4.78 is 30.4. The number of methoxy groups -OCH3 is 1. The van der Waals surface area contributed by atoms with Crippen LogP contribution >= 0.6 is 11.3 Å². The molecule has 1 atom stereocenters. The normalized spacial score (nSPS) is 19.1. The van der Waals surface area contributed by atoms with Gasteiger partial charge in [-0.3, -0.25) is 0 Å². The molecule has 0 saturated carbocycles. The molecule has 4 rings (SSSR count). The number of aromatic nitrogens is 3. The van der Waals surface area contributed by atoms with Crippen LogP contribution in [0.4, 0.5) is 0 Å². The summed E-state index contributed by atoms with van der Waals surface area (Å²) in [6.45, 7) is 1.79. The van der Waals surface area contributed by atoms with Gasteiger partial charge in [-0.1, -0.05) is 6.07 Å². The predicted octanol–water partition coefficient (Wildman–Crippen LogP) is 2.61. The van der Waals surface area contributed by atoms with Crippen LogP contribution in [0.15, 0.2) is 23.6 Å². The van der Waals surface area contributed by atoms with Gasteiger partial charge in [-0.15, -0.1) is 11.3 Å². The van der Waals surface area contributed by atoms with Crippen LogP contribution < -0.4 is 0 Å². The van der Waals surface area contributed by atoms with E-state index < -0.39 is 15.8 Å². The molecule has 1 fully saturated rings. The Morgan fingerprint density at radius 3 is 2.85 bits per heavy atom. The number of pyridine rings is 1. The zero-order valence-corrected chi connectivity index (χ0v) is 15.9. The third-order valence-corrected chi connectivity index (χ3v) is 7.21. The predicted molar refractivity (Wildman–Crippen MR) is 99.2 cm³/mol. The Bertz CT molecular complexity index is 1100. The van der Waals surface area contributed by atoms with Gasteiger partial charge in [0.05, 0.1) is 51.9 Å². The fourth-order valence-electron chi connectivity index (χ4n) is 3.36. The van der Waals surface area contributed by atoms with Crippen LogP contribution in [0.1, 0.15) is 28.5 Å². The SMILES string of the molecule is COC(=O)c1cc(-c2cccs2)nc2c1c(C)nn2[C@H]1CCS(=O)(=O)C1. The van der Waals surface area contributed by atoms with Crippen molar-refractivity contribution < 1.29 is 17.9 Å². The average Bonchev–Trinajstić information content (AvgIpc) is 3.33. The lowest BCUT2D eigenvalue weighted by Gasteiger charge is -2.11. The summed E-state index contributed by atoms with van der Waals surface area (Å²) in [6.07, 6.45) is 0.497. The number of rotatable bonds is 3. The highest BCUT2D eigenvalue weighted by Gasteiger charge is 2.32. The zero-order valence-electron chi connectivity index (χ0n) is 14.3. The van der Waals surface area contributed by atoms with E-state index in [2.05, 4.69) is 5.10 Å². The van der Waals surface area contributed by atoms with Crippen molar-refractivity contribution in [2.75, 3.05) is 18.6 Å². The largest absolute Gasteiger partial charge is 0.465 e. The second-order valence-electron chi connectivity index (χ2n) is 6.31. The lowest BCUT2D eigenvalue weighted by atomic mass is 10.1. The number of ether oxygens (including phenoxy) is 1. The minimum atomic E-state index is -3.07. The number of hydrogen-bond acceptors (Lipinski definition) is 7. The lowest BCUT2D eigenvalue weighted by molar-refractivity contribution is 0.0603. The van der Waals surface area contributed by atoms with E-state index >= 15 is 0 Å². The molecule has 0 N–H and O–H groups in total. The number of hydrogen-bond donors (Lipinski definition) is 0. The van der Waals surface area contributed by atoms with Gasteiger partial charge in [-0.2, -0.15) is 5.10 Å². The molecule has 3 aromatic heterocycles. The number of fused-ring (bicyclic) bond motifs is 1. The first-order chi connectivity index (χ1) is 12.4. The van der Waals surface area contributed by atoms with Gasteiger partial charge in [0.15, 0.2) is 15.5 Å².